The highest BCUT2D eigenvalue weighted by Crippen LogP contribution is 2.28. The SMILES string of the molecule is COc1ccc(Cl)cc1NCC(CN)C(C)C. The van der Waals surface area contributed by atoms with Crippen molar-refractivity contribution in [2.24, 2.45) is 17.6 Å². The molecule has 4 heteroatoms. The van der Waals surface area contributed by atoms with Gasteiger partial charge in [0.15, 0.2) is 0 Å². The van der Waals surface area contributed by atoms with Crippen molar-refractivity contribution in [3.05, 3.63) is 23.2 Å². The highest BCUT2D eigenvalue weighted by atomic mass is 35.5. The Morgan fingerprint density at radius 1 is 1.41 bits per heavy atom. The van der Waals surface area contributed by atoms with Crippen molar-refractivity contribution in [3.63, 3.8) is 0 Å². The number of rotatable bonds is 6. The van der Waals surface area contributed by atoms with Crippen LogP contribution in [0.2, 0.25) is 5.02 Å². The van der Waals surface area contributed by atoms with Crippen LogP contribution in [0.15, 0.2) is 18.2 Å². The molecule has 0 aliphatic heterocycles. The Balaban J connectivity index is 2.70. The summed E-state index contributed by atoms with van der Waals surface area (Å²) in [5.74, 6) is 1.80. The second-order valence-electron chi connectivity index (χ2n) is 4.47. The topological polar surface area (TPSA) is 47.3 Å². The van der Waals surface area contributed by atoms with Crippen LogP contribution < -0.4 is 15.8 Å². The minimum Gasteiger partial charge on any atom is -0.495 e. The van der Waals surface area contributed by atoms with Crippen molar-refractivity contribution in [3.8, 4) is 5.75 Å². The Kier molecular flexibility index (Phi) is 5.59. The van der Waals surface area contributed by atoms with E-state index in [1.165, 1.54) is 0 Å². The van der Waals surface area contributed by atoms with Gasteiger partial charge in [0.2, 0.25) is 0 Å². The number of nitrogens with one attached hydrogen (secondary N) is 1. The average Bonchev–Trinajstić information content (AvgIpc) is 2.29. The lowest BCUT2D eigenvalue weighted by molar-refractivity contribution is 0.405. The van der Waals surface area contributed by atoms with Crippen LogP contribution >= 0.6 is 11.6 Å². The molecule has 3 nitrogen and oxygen atoms in total. The smallest absolute Gasteiger partial charge is 0.142 e. The molecule has 96 valence electrons. The van der Waals surface area contributed by atoms with Crippen LogP contribution in [0.5, 0.6) is 5.75 Å². The average molecular weight is 257 g/mol. The maximum absolute atomic E-state index is 5.97. The standard InChI is InChI=1S/C13H21ClN2O/c1-9(2)10(7-15)8-16-12-6-11(14)4-5-13(12)17-3/h4-6,9-10,16H,7-8,15H2,1-3H3. The molecule has 17 heavy (non-hydrogen) atoms. The Bertz CT molecular complexity index is 355. The summed E-state index contributed by atoms with van der Waals surface area (Å²) in [6, 6.07) is 5.54. The lowest BCUT2D eigenvalue weighted by Crippen LogP contribution is -2.27. The molecular formula is C13H21ClN2O. The fraction of sp³-hybridized carbons (Fsp3) is 0.538. The number of hydrogen-bond acceptors (Lipinski definition) is 3. The van der Waals surface area contributed by atoms with E-state index in [1.807, 2.05) is 18.2 Å². The Morgan fingerprint density at radius 2 is 2.12 bits per heavy atom. The summed E-state index contributed by atoms with van der Waals surface area (Å²) in [6.07, 6.45) is 0. The summed E-state index contributed by atoms with van der Waals surface area (Å²) in [4.78, 5) is 0. The lowest BCUT2D eigenvalue weighted by atomic mass is 9.96. The largest absolute Gasteiger partial charge is 0.495 e. The Labute approximate surface area is 108 Å². The summed E-state index contributed by atoms with van der Waals surface area (Å²) >= 11 is 5.97. The molecule has 0 aliphatic rings. The normalized spacial score (nSPS) is 12.6. The zero-order valence-electron chi connectivity index (χ0n) is 10.7. The number of ether oxygens (including phenoxy) is 1. The van der Waals surface area contributed by atoms with E-state index in [0.717, 1.165) is 18.0 Å². The number of methoxy groups -OCH3 is 1. The van der Waals surface area contributed by atoms with Crippen LogP contribution in [0.3, 0.4) is 0 Å². The summed E-state index contributed by atoms with van der Waals surface area (Å²) in [5, 5.41) is 4.04. The van der Waals surface area contributed by atoms with Crippen LogP contribution in [-0.4, -0.2) is 20.2 Å². The van der Waals surface area contributed by atoms with Gasteiger partial charge in [0.25, 0.3) is 0 Å². The highest BCUT2D eigenvalue weighted by molar-refractivity contribution is 6.30. The minimum absolute atomic E-state index is 0.443. The third-order valence-corrected chi connectivity index (χ3v) is 3.20. The molecule has 0 fully saturated rings. The monoisotopic (exact) mass is 256 g/mol. The van der Waals surface area contributed by atoms with E-state index >= 15 is 0 Å². The van der Waals surface area contributed by atoms with E-state index in [1.54, 1.807) is 7.11 Å². The summed E-state index contributed by atoms with van der Waals surface area (Å²) in [7, 11) is 1.65. The second-order valence-corrected chi connectivity index (χ2v) is 4.90. The number of halogens is 1. The maximum atomic E-state index is 5.97. The number of anilines is 1. The van der Waals surface area contributed by atoms with Gasteiger partial charge in [0.05, 0.1) is 12.8 Å². The van der Waals surface area contributed by atoms with Gasteiger partial charge in [-0.15, -0.1) is 0 Å². The third-order valence-electron chi connectivity index (χ3n) is 2.96. The summed E-state index contributed by atoms with van der Waals surface area (Å²) < 4.78 is 5.27. The van der Waals surface area contributed by atoms with E-state index in [4.69, 9.17) is 22.1 Å². The van der Waals surface area contributed by atoms with Crippen molar-refractivity contribution < 1.29 is 4.74 Å². The van der Waals surface area contributed by atoms with E-state index in [-0.39, 0.29) is 0 Å². The van der Waals surface area contributed by atoms with Crippen molar-refractivity contribution in [2.75, 3.05) is 25.5 Å². The number of benzene rings is 1. The molecule has 0 aromatic heterocycles. The van der Waals surface area contributed by atoms with Crippen molar-refractivity contribution >= 4 is 17.3 Å². The zero-order chi connectivity index (χ0) is 12.8. The number of nitrogens with two attached hydrogens (primary N) is 1. The zero-order valence-corrected chi connectivity index (χ0v) is 11.4. The fourth-order valence-electron chi connectivity index (χ4n) is 1.65. The van der Waals surface area contributed by atoms with Gasteiger partial charge in [-0.25, -0.2) is 0 Å². The summed E-state index contributed by atoms with van der Waals surface area (Å²) in [5.41, 5.74) is 6.66. The molecule has 0 radical (unpaired) electrons. The van der Waals surface area contributed by atoms with Crippen molar-refractivity contribution in [2.45, 2.75) is 13.8 Å². The fourth-order valence-corrected chi connectivity index (χ4v) is 1.82. The van der Waals surface area contributed by atoms with Gasteiger partial charge < -0.3 is 15.8 Å². The van der Waals surface area contributed by atoms with E-state index < -0.39 is 0 Å². The van der Waals surface area contributed by atoms with E-state index in [2.05, 4.69) is 19.2 Å². The molecule has 0 aliphatic carbocycles. The molecule has 3 N–H and O–H groups in total. The van der Waals surface area contributed by atoms with Crippen LogP contribution in [-0.2, 0) is 0 Å². The molecule has 0 amide bonds. The van der Waals surface area contributed by atoms with Gasteiger partial charge in [-0.1, -0.05) is 25.4 Å². The molecule has 1 aromatic carbocycles. The predicted molar refractivity (Wildman–Crippen MR) is 73.9 cm³/mol. The molecule has 1 unspecified atom stereocenters. The molecular weight excluding hydrogens is 236 g/mol. The van der Waals surface area contributed by atoms with Crippen molar-refractivity contribution in [1.29, 1.82) is 0 Å². The highest BCUT2D eigenvalue weighted by Gasteiger charge is 2.12. The van der Waals surface area contributed by atoms with E-state index in [9.17, 15) is 0 Å². The third kappa shape index (κ3) is 4.10. The molecule has 0 saturated carbocycles. The first-order valence-corrected chi connectivity index (χ1v) is 6.23. The first kappa shape index (κ1) is 14.1. The molecule has 0 spiro atoms. The quantitative estimate of drug-likeness (QED) is 0.823. The second kappa shape index (κ2) is 6.72. The predicted octanol–water partition coefficient (Wildman–Crippen LogP) is 2.99. The molecule has 1 aromatic rings. The van der Waals surface area contributed by atoms with Gasteiger partial charge >= 0.3 is 0 Å². The van der Waals surface area contributed by atoms with Gasteiger partial charge in [0, 0.05) is 11.6 Å². The van der Waals surface area contributed by atoms with Gasteiger partial charge in [0.1, 0.15) is 5.75 Å². The first-order valence-electron chi connectivity index (χ1n) is 5.86. The van der Waals surface area contributed by atoms with Gasteiger partial charge in [-0.05, 0) is 36.6 Å². The minimum atomic E-state index is 0.443. The van der Waals surface area contributed by atoms with Crippen LogP contribution in [0.25, 0.3) is 0 Å². The molecule has 0 bridgehead atoms. The molecule has 0 heterocycles. The van der Waals surface area contributed by atoms with E-state index in [0.29, 0.717) is 23.4 Å². The Hall–Kier alpha value is -0.930. The summed E-state index contributed by atoms with van der Waals surface area (Å²) in [6.45, 7) is 5.85. The number of hydrogen-bond donors (Lipinski definition) is 2. The maximum Gasteiger partial charge on any atom is 0.142 e. The van der Waals surface area contributed by atoms with Crippen LogP contribution in [0.4, 0.5) is 5.69 Å². The van der Waals surface area contributed by atoms with Gasteiger partial charge in [-0.3, -0.25) is 0 Å². The first-order chi connectivity index (χ1) is 8.08. The molecule has 1 atom stereocenters. The van der Waals surface area contributed by atoms with Gasteiger partial charge in [-0.2, -0.15) is 0 Å². The lowest BCUT2D eigenvalue weighted by Gasteiger charge is -2.21. The Morgan fingerprint density at radius 3 is 2.65 bits per heavy atom. The molecule has 1 rings (SSSR count). The van der Waals surface area contributed by atoms with Crippen LogP contribution in [0.1, 0.15) is 13.8 Å². The molecule has 0 saturated heterocycles. The van der Waals surface area contributed by atoms with Crippen molar-refractivity contribution in [1.82, 2.24) is 0 Å². The van der Waals surface area contributed by atoms with Crippen LogP contribution in [0, 0.1) is 11.8 Å².